The minimum Gasteiger partial charge on any atom is -0.508 e. The Hall–Kier alpha value is -3.82. The van der Waals surface area contributed by atoms with E-state index in [1.807, 2.05) is 0 Å². The van der Waals surface area contributed by atoms with E-state index in [2.05, 4.69) is 15.4 Å². The summed E-state index contributed by atoms with van der Waals surface area (Å²) in [6, 6.07) is 11.8. The van der Waals surface area contributed by atoms with Gasteiger partial charge < -0.3 is 15.2 Å². The minimum absolute atomic E-state index is 0.0377. The molecule has 0 bridgehead atoms. The number of halogens is 3. The Morgan fingerprint density at radius 3 is 2.53 bits per heavy atom. The molecule has 0 saturated heterocycles. The van der Waals surface area contributed by atoms with Gasteiger partial charge in [-0.3, -0.25) is 9.78 Å². The van der Waals surface area contributed by atoms with Crippen molar-refractivity contribution < 1.29 is 14.2 Å². The first-order valence-corrected chi connectivity index (χ1v) is 10.6. The summed E-state index contributed by atoms with van der Waals surface area (Å²) < 4.78 is 20.1. The number of aromatic amines is 1. The summed E-state index contributed by atoms with van der Waals surface area (Å²) in [6.45, 7) is 2.02. The number of ether oxygens (including phenoxy) is 1. The third-order valence-electron chi connectivity index (χ3n) is 4.87. The van der Waals surface area contributed by atoms with Crippen molar-refractivity contribution in [3.05, 3.63) is 103 Å². The molecule has 3 N–H and O–H groups in total. The first-order valence-electron chi connectivity index (χ1n) is 9.89. The number of nitrogens with zero attached hydrogens (tertiary/aromatic N) is 2. The second-order valence-corrected chi connectivity index (χ2v) is 8.11. The fourth-order valence-corrected chi connectivity index (χ4v) is 3.76. The number of phenolic OH excluding ortho intramolecular Hbond substituents is 1. The van der Waals surface area contributed by atoms with Crippen LogP contribution in [0, 0.1) is 12.7 Å². The van der Waals surface area contributed by atoms with Crippen molar-refractivity contribution in [1.82, 2.24) is 14.8 Å². The van der Waals surface area contributed by atoms with E-state index in [1.165, 1.54) is 36.4 Å². The largest absolute Gasteiger partial charge is 0.508 e. The Morgan fingerprint density at radius 1 is 1.12 bits per heavy atom. The normalized spacial score (nSPS) is 10.8. The van der Waals surface area contributed by atoms with E-state index in [-0.39, 0.29) is 39.6 Å². The summed E-state index contributed by atoms with van der Waals surface area (Å²) in [5.41, 5.74) is 0.815. The molecule has 0 amide bonds. The fraction of sp³-hybridized carbons (Fsp3) is 0.0870. The van der Waals surface area contributed by atoms with E-state index in [0.29, 0.717) is 11.3 Å². The van der Waals surface area contributed by atoms with Crippen molar-refractivity contribution in [3.63, 3.8) is 0 Å². The lowest BCUT2D eigenvalue weighted by molar-refractivity contribution is 0.459. The number of hydrogen-bond acceptors (Lipinski definition) is 6. The van der Waals surface area contributed by atoms with Crippen molar-refractivity contribution in [2.24, 2.45) is 0 Å². The van der Waals surface area contributed by atoms with Gasteiger partial charge in [-0.2, -0.15) is 9.78 Å². The molecular formula is C23H17Cl2FN4O4. The van der Waals surface area contributed by atoms with Crippen LogP contribution in [0.25, 0.3) is 5.69 Å². The van der Waals surface area contributed by atoms with Gasteiger partial charge in [0.1, 0.15) is 23.5 Å². The zero-order chi connectivity index (χ0) is 24.4. The van der Waals surface area contributed by atoms with Gasteiger partial charge in [-0.25, -0.2) is 9.18 Å². The molecule has 0 spiro atoms. The van der Waals surface area contributed by atoms with E-state index in [0.717, 1.165) is 22.1 Å². The Kier molecular flexibility index (Phi) is 6.58. The van der Waals surface area contributed by atoms with E-state index >= 15 is 0 Å². The number of anilines is 1. The first kappa shape index (κ1) is 23.3. The van der Waals surface area contributed by atoms with E-state index in [9.17, 15) is 19.1 Å². The summed E-state index contributed by atoms with van der Waals surface area (Å²) in [5, 5.41) is 17.3. The smallest absolute Gasteiger partial charge is 0.349 e. The highest BCUT2D eigenvalue weighted by molar-refractivity contribution is 6.37. The number of phenols is 1. The Labute approximate surface area is 202 Å². The minimum atomic E-state index is -0.750. The maximum atomic E-state index is 13.3. The molecule has 3 aromatic carbocycles. The lowest BCUT2D eigenvalue weighted by Gasteiger charge is -2.14. The maximum Gasteiger partial charge on any atom is 0.349 e. The molecule has 8 nitrogen and oxygen atoms in total. The predicted molar refractivity (Wildman–Crippen MR) is 127 cm³/mol. The van der Waals surface area contributed by atoms with Gasteiger partial charge in [-0.15, -0.1) is 0 Å². The third kappa shape index (κ3) is 5.05. The predicted octanol–water partition coefficient (Wildman–Crippen LogP) is 4.79. The third-order valence-corrected chi connectivity index (χ3v) is 5.43. The van der Waals surface area contributed by atoms with Crippen molar-refractivity contribution in [2.75, 3.05) is 5.32 Å². The van der Waals surface area contributed by atoms with Gasteiger partial charge in [-0.05, 0) is 61.0 Å². The molecule has 0 aliphatic rings. The monoisotopic (exact) mass is 502 g/mol. The quantitative estimate of drug-likeness (QED) is 0.349. The molecule has 1 aromatic heterocycles. The lowest BCUT2D eigenvalue weighted by atomic mass is 10.1. The van der Waals surface area contributed by atoms with Crippen LogP contribution in [0.3, 0.4) is 0 Å². The molecule has 0 unspecified atom stereocenters. The number of H-pyrrole nitrogens is 1. The van der Waals surface area contributed by atoms with Gasteiger partial charge in [-0.1, -0.05) is 23.2 Å². The van der Waals surface area contributed by atoms with E-state index < -0.39 is 11.2 Å². The lowest BCUT2D eigenvalue weighted by Crippen LogP contribution is -2.30. The molecule has 0 saturated carbocycles. The van der Waals surface area contributed by atoms with E-state index in [1.54, 1.807) is 19.1 Å². The molecule has 0 radical (unpaired) electrons. The fourth-order valence-electron chi connectivity index (χ4n) is 3.20. The van der Waals surface area contributed by atoms with Crippen LogP contribution in [0.1, 0.15) is 11.1 Å². The van der Waals surface area contributed by atoms with Crippen LogP contribution >= 0.6 is 23.2 Å². The van der Waals surface area contributed by atoms with Crippen molar-refractivity contribution in [1.29, 1.82) is 0 Å². The van der Waals surface area contributed by atoms with Crippen LogP contribution < -0.4 is 21.3 Å². The van der Waals surface area contributed by atoms with Crippen LogP contribution in [-0.4, -0.2) is 19.9 Å². The average Bonchev–Trinajstić information content (AvgIpc) is 2.77. The van der Waals surface area contributed by atoms with Crippen molar-refractivity contribution in [2.45, 2.75) is 13.5 Å². The number of hydrogen-bond donors (Lipinski definition) is 3. The second kappa shape index (κ2) is 9.58. The van der Waals surface area contributed by atoms with Crippen LogP contribution in [0.15, 0.2) is 64.3 Å². The summed E-state index contributed by atoms with van der Waals surface area (Å²) in [7, 11) is 0. The Bertz CT molecular complexity index is 1480. The number of aromatic hydroxyl groups is 1. The zero-order valence-electron chi connectivity index (χ0n) is 17.6. The summed E-state index contributed by atoms with van der Waals surface area (Å²) in [6.07, 6.45) is 0.951. The summed E-state index contributed by atoms with van der Waals surface area (Å²) in [5.74, 6) is 0.183. The highest BCUT2D eigenvalue weighted by Gasteiger charge is 2.15. The standard InChI is InChI=1S/C23H17Cl2FN4O4/c1-12-6-14(26)2-4-19(12)27-10-13-7-16(3-5-20(13)31)34-22-17(24)8-15(9-18(22)25)30-23(33)29-21(32)11-28-30/h2-9,11,27,31H,10H2,1H3,(H,29,32,33). The van der Waals surface area contributed by atoms with Gasteiger partial charge >= 0.3 is 5.69 Å². The first-order chi connectivity index (χ1) is 16.2. The number of benzene rings is 3. The number of aromatic nitrogens is 3. The number of nitrogens with one attached hydrogen (secondary N) is 2. The van der Waals surface area contributed by atoms with Crippen LogP contribution in [0.2, 0.25) is 10.0 Å². The molecular weight excluding hydrogens is 486 g/mol. The summed E-state index contributed by atoms with van der Waals surface area (Å²) in [4.78, 5) is 25.3. The van der Waals surface area contributed by atoms with Gasteiger partial charge in [0, 0.05) is 17.8 Å². The van der Waals surface area contributed by atoms with Crippen LogP contribution in [0.4, 0.5) is 10.1 Å². The van der Waals surface area contributed by atoms with Crippen molar-refractivity contribution in [3.8, 4) is 22.9 Å². The molecule has 34 heavy (non-hydrogen) atoms. The molecule has 4 aromatic rings. The molecule has 4 rings (SSSR count). The second-order valence-electron chi connectivity index (χ2n) is 7.29. The molecule has 174 valence electrons. The van der Waals surface area contributed by atoms with Gasteiger partial charge in [0.15, 0.2) is 5.75 Å². The van der Waals surface area contributed by atoms with E-state index in [4.69, 9.17) is 27.9 Å². The SMILES string of the molecule is Cc1cc(F)ccc1NCc1cc(Oc2c(Cl)cc(-n3ncc(=O)[nH]c3=O)cc2Cl)ccc1O. The molecule has 11 heteroatoms. The van der Waals surface area contributed by atoms with Crippen LogP contribution in [-0.2, 0) is 6.54 Å². The Morgan fingerprint density at radius 2 is 1.85 bits per heavy atom. The molecule has 0 aliphatic carbocycles. The van der Waals surface area contributed by atoms with Gasteiger partial charge in [0.25, 0.3) is 5.56 Å². The van der Waals surface area contributed by atoms with Crippen LogP contribution in [0.5, 0.6) is 17.2 Å². The van der Waals surface area contributed by atoms with Gasteiger partial charge in [0.2, 0.25) is 0 Å². The number of rotatable bonds is 6. The maximum absolute atomic E-state index is 13.3. The highest BCUT2D eigenvalue weighted by Crippen LogP contribution is 2.39. The summed E-state index contributed by atoms with van der Waals surface area (Å²) >= 11 is 12.7. The Balaban J connectivity index is 1.58. The zero-order valence-corrected chi connectivity index (χ0v) is 19.1. The molecule has 1 heterocycles. The highest BCUT2D eigenvalue weighted by atomic mass is 35.5. The number of aryl methyl sites for hydroxylation is 1. The average molecular weight is 503 g/mol. The molecule has 0 atom stereocenters. The molecule has 0 fully saturated rings. The van der Waals surface area contributed by atoms with Crippen molar-refractivity contribution >= 4 is 28.9 Å². The molecule has 0 aliphatic heterocycles. The topological polar surface area (TPSA) is 109 Å². The van der Waals surface area contributed by atoms with Gasteiger partial charge in [0.05, 0.1) is 15.7 Å².